The molecule has 5 nitrogen and oxygen atoms in total. The highest BCUT2D eigenvalue weighted by Gasteiger charge is 2.26. The summed E-state index contributed by atoms with van der Waals surface area (Å²) in [6.45, 7) is 1.95. The van der Waals surface area contributed by atoms with Crippen LogP contribution >= 0.6 is 22.9 Å². The fraction of sp³-hybridized carbons (Fsp3) is 0.636. The SMILES string of the molecule is COC(=O)c1sc(N2CCC(CCO)C2)nc1Cl. The number of aromatic nitrogens is 1. The van der Waals surface area contributed by atoms with Crippen molar-refractivity contribution < 1.29 is 14.6 Å². The highest BCUT2D eigenvalue weighted by Crippen LogP contribution is 2.33. The number of nitrogens with zero attached hydrogens (tertiary/aromatic N) is 2. The Morgan fingerprint density at radius 1 is 1.72 bits per heavy atom. The molecule has 1 fully saturated rings. The molecule has 0 saturated carbocycles. The molecule has 0 aliphatic carbocycles. The molecule has 2 rings (SSSR count). The molecule has 0 amide bonds. The lowest BCUT2D eigenvalue weighted by molar-refractivity contribution is 0.0606. The molecule has 0 spiro atoms. The summed E-state index contributed by atoms with van der Waals surface area (Å²) >= 11 is 7.18. The lowest BCUT2D eigenvalue weighted by Gasteiger charge is -2.14. The number of aliphatic hydroxyl groups is 1. The summed E-state index contributed by atoms with van der Waals surface area (Å²) in [5.41, 5.74) is 0. The van der Waals surface area contributed by atoms with Gasteiger partial charge < -0.3 is 14.7 Å². The predicted molar refractivity (Wildman–Crippen MR) is 70.5 cm³/mol. The van der Waals surface area contributed by atoms with Gasteiger partial charge in [0, 0.05) is 19.7 Å². The summed E-state index contributed by atoms with van der Waals surface area (Å²) in [5, 5.41) is 9.87. The van der Waals surface area contributed by atoms with Gasteiger partial charge in [-0.05, 0) is 18.8 Å². The Balaban J connectivity index is 2.08. The second-order valence-corrected chi connectivity index (χ2v) is 5.56. The van der Waals surface area contributed by atoms with Crippen LogP contribution in [0.5, 0.6) is 0 Å². The van der Waals surface area contributed by atoms with Crippen molar-refractivity contribution in [1.29, 1.82) is 0 Å². The van der Waals surface area contributed by atoms with E-state index in [1.807, 2.05) is 0 Å². The van der Waals surface area contributed by atoms with Crippen molar-refractivity contribution in [2.45, 2.75) is 12.8 Å². The number of halogens is 1. The molecule has 1 aromatic rings. The first-order chi connectivity index (χ1) is 8.65. The van der Waals surface area contributed by atoms with E-state index in [0.717, 1.165) is 31.1 Å². The van der Waals surface area contributed by atoms with Crippen molar-refractivity contribution in [3.63, 3.8) is 0 Å². The minimum Gasteiger partial charge on any atom is -0.465 e. The van der Waals surface area contributed by atoms with Crippen LogP contribution in [0.1, 0.15) is 22.5 Å². The fourth-order valence-electron chi connectivity index (χ4n) is 2.07. The van der Waals surface area contributed by atoms with E-state index >= 15 is 0 Å². The number of aliphatic hydroxyl groups excluding tert-OH is 1. The number of rotatable bonds is 4. The normalized spacial score (nSPS) is 19.3. The minimum atomic E-state index is -0.449. The van der Waals surface area contributed by atoms with Crippen LogP contribution in [0.2, 0.25) is 5.15 Å². The van der Waals surface area contributed by atoms with E-state index in [4.69, 9.17) is 16.7 Å². The Hall–Kier alpha value is -0.850. The van der Waals surface area contributed by atoms with E-state index in [1.54, 1.807) is 0 Å². The molecule has 1 saturated heterocycles. The second-order valence-electron chi connectivity index (χ2n) is 4.22. The van der Waals surface area contributed by atoms with Crippen molar-refractivity contribution >= 4 is 34.0 Å². The van der Waals surface area contributed by atoms with Crippen LogP contribution in [0.4, 0.5) is 5.13 Å². The predicted octanol–water partition coefficient (Wildman–Crippen LogP) is 1.79. The van der Waals surface area contributed by atoms with E-state index in [0.29, 0.717) is 10.8 Å². The molecule has 1 aliphatic rings. The number of carbonyl (C=O) groups is 1. The van der Waals surface area contributed by atoms with Crippen LogP contribution < -0.4 is 4.90 Å². The zero-order chi connectivity index (χ0) is 13.1. The molecule has 7 heteroatoms. The van der Waals surface area contributed by atoms with Gasteiger partial charge in [-0.15, -0.1) is 0 Å². The van der Waals surface area contributed by atoms with Gasteiger partial charge in [-0.1, -0.05) is 22.9 Å². The summed E-state index contributed by atoms with van der Waals surface area (Å²) in [6.07, 6.45) is 1.84. The van der Waals surface area contributed by atoms with E-state index in [2.05, 4.69) is 14.6 Å². The second kappa shape index (κ2) is 5.86. The third-order valence-corrected chi connectivity index (χ3v) is 4.52. The summed E-state index contributed by atoms with van der Waals surface area (Å²) in [6, 6.07) is 0. The first-order valence-corrected chi connectivity index (χ1v) is 6.95. The number of hydrogen-bond donors (Lipinski definition) is 1. The number of hydrogen-bond acceptors (Lipinski definition) is 6. The van der Waals surface area contributed by atoms with Crippen LogP contribution in [0.25, 0.3) is 0 Å². The minimum absolute atomic E-state index is 0.201. The number of carbonyl (C=O) groups excluding carboxylic acids is 1. The molecule has 1 N–H and O–H groups in total. The van der Waals surface area contributed by atoms with Gasteiger partial charge in [0.1, 0.15) is 0 Å². The standard InChI is InChI=1S/C11H15ClN2O3S/c1-17-10(16)8-9(12)13-11(18-8)14-4-2-7(6-14)3-5-15/h7,15H,2-6H2,1H3. The van der Waals surface area contributed by atoms with Crippen molar-refractivity contribution in [2.24, 2.45) is 5.92 Å². The fourth-order valence-corrected chi connectivity index (χ4v) is 3.30. The van der Waals surface area contributed by atoms with E-state index in [-0.39, 0.29) is 11.8 Å². The average Bonchev–Trinajstić information content (AvgIpc) is 2.95. The summed E-state index contributed by atoms with van der Waals surface area (Å²) in [4.78, 5) is 18.1. The average molecular weight is 291 g/mol. The summed E-state index contributed by atoms with van der Waals surface area (Å²) in [5.74, 6) is 0.0362. The Morgan fingerprint density at radius 2 is 2.50 bits per heavy atom. The molecule has 1 atom stereocenters. The molecule has 1 aromatic heterocycles. The van der Waals surface area contributed by atoms with Crippen molar-refractivity contribution in [3.8, 4) is 0 Å². The molecule has 100 valence electrons. The van der Waals surface area contributed by atoms with Crippen molar-refractivity contribution in [3.05, 3.63) is 10.0 Å². The maximum Gasteiger partial charge on any atom is 0.351 e. The maximum absolute atomic E-state index is 11.4. The molecule has 18 heavy (non-hydrogen) atoms. The van der Waals surface area contributed by atoms with E-state index < -0.39 is 5.97 Å². The van der Waals surface area contributed by atoms with Gasteiger partial charge in [0.05, 0.1) is 7.11 Å². The number of ether oxygens (including phenoxy) is 1. The molecular formula is C11H15ClN2O3S. The van der Waals surface area contributed by atoms with Gasteiger partial charge in [-0.25, -0.2) is 9.78 Å². The largest absolute Gasteiger partial charge is 0.465 e. The van der Waals surface area contributed by atoms with Gasteiger partial charge in [-0.3, -0.25) is 0 Å². The number of anilines is 1. The van der Waals surface area contributed by atoms with Gasteiger partial charge in [0.15, 0.2) is 15.2 Å². The highest BCUT2D eigenvalue weighted by molar-refractivity contribution is 7.18. The van der Waals surface area contributed by atoms with Gasteiger partial charge in [0.2, 0.25) is 0 Å². The van der Waals surface area contributed by atoms with Crippen molar-refractivity contribution in [1.82, 2.24) is 4.98 Å². The smallest absolute Gasteiger partial charge is 0.351 e. The summed E-state index contributed by atoms with van der Waals surface area (Å²) < 4.78 is 4.65. The third-order valence-electron chi connectivity index (χ3n) is 3.04. The zero-order valence-corrected chi connectivity index (χ0v) is 11.6. The van der Waals surface area contributed by atoms with Gasteiger partial charge in [-0.2, -0.15) is 0 Å². The van der Waals surface area contributed by atoms with Crippen LogP contribution in [0.15, 0.2) is 0 Å². The van der Waals surface area contributed by atoms with E-state index in [9.17, 15) is 4.79 Å². The maximum atomic E-state index is 11.4. The van der Waals surface area contributed by atoms with Crippen molar-refractivity contribution in [2.75, 3.05) is 31.7 Å². The zero-order valence-electron chi connectivity index (χ0n) is 10.1. The molecule has 2 heterocycles. The first kappa shape index (κ1) is 13.6. The van der Waals surface area contributed by atoms with Crippen LogP contribution in [0.3, 0.4) is 0 Å². The first-order valence-electron chi connectivity index (χ1n) is 5.76. The van der Waals surface area contributed by atoms with Crippen LogP contribution in [-0.4, -0.2) is 42.9 Å². The number of esters is 1. The molecule has 0 bridgehead atoms. The van der Waals surface area contributed by atoms with Gasteiger partial charge >= 0.3 is 5.97 Å². The summed E-state index contributed by atoms with van der Waals surface area (Å²) in [7, 11) is 1.32. The molecule has 1 aliphatic heterocycles. The Kier molecular flexibility index (Phi) is 4.42. The van der Waals surface area contributed by atoms with Crippen LogP contribution in [0, 0.1) is 5.92 Å². The molecule has 0 aromatic carbocycles. The third kappa shape index (κ3) is 2.76. The molecule has 0 radical (unpaired) electrons. The quantitative estimate of drug-likeness (QED) is 0.857. The van der Waals surface area contributed by atoms with Gasteiger partial charge in [0.25, 0.3) is 0 Å². The molecule has 1 unspecified atom stereocenters. The topological polar surface area (TPSA) is 62.7 Å². The number of thiazole rings is 1. The Bertz CT molecular complexity index is 438. The highest BCUT2D eigenvalue weighted by atomic mass is 35.5. The molecular weight excluding hydrogens is 276 g/mol. The lowest BCUT2D eigenvalue weighted by Crippen LogP contribution is -2.19. The van der Waals surface area contributed by atoms with Crippen LogP contribution in [-0.2, 0) is 4.74 Å². The number of methoxy groups -OCH3 is 1. The Labute approximate surface area is 114 Å². The lowest BCUT2D eigenvalue weighted by atomic mass is 10.1. The Morgan fingerprint density at radius 3 is 3.17 bits per heavy atom. The monoisotopic (exact) mass is 290 g/mol. The van der Waals surface area contributed by atoms with E-state index in [1.165, 1.54) is 18.4 Å².